The summed E-state index contributed by atoms with van der Waals surface area (Å²) in [6, 6.07) is 25.9. The number of hydrogen-bond donors (Lipinski definition) is 1. The minimum absolute atomic E-state index is 0.0114. The molecule has 2 aromatic carbocycles. The van der Waals surface area contributed by atoms with Crippen molar-refractivity contribution in [3.8, 4) is 0 Å². The van der Waals surface area contributed by atoms with E-state index < -0.39 is 0 Å². The predicted octanol–water partition coefficient (Wildman–Crippen LogP) is 4.13. The first-order valence-electron chi connectivity index (χ1n) is 9.53. The Balaban J connectivity index is 1.48. The molecule has 0 spiro atoms. The summed E-state index contributed by atoms with van der Waals surface area (Å²) in [6.45, 7) is 2.61. The molecule has 0 radical (unpaired) electrons. The third kappa shape index (κ3) is 3.81. The van der Waals surface area contributed by atoms with Crippen molar-refractivity contribution in [2.45, 2.75) is 19.3 Å². The molecule has 0 fully saturated rings. The lowest BCUT2D eigenvalue weighted by molar-refractivity contribution is -0.121. The van der Waals surface area contributed by atoms with Gasteiger partial charge < -0.3 is 9.72 Å². The van der Waals surface area contributed by atoms with E-state index in [9.17, 15) is 4.79 Å². The lowest BCUT2D eigenvalue weighted by atomic mass is 9.90. The molecule has 4 rings (SSSR count). The number of aryl methyl sites for hydroxylation is 1. The number of fused-ring (bicyclic) bond motifs is 1. The van der Waals surface area contributed by atoms with Crippen molar-refractivity contribution in [1.82, 2.24) is 14.7 Å². The third-order valence-electron chi connectivity index (χ3n) is 4.95. The summed E-state index contributed by atoms with van der Waals surface area (Å²) in [6.07, 6.45) is 2.74. The average Bonchev–Trinajstić information content (AvgIpc) is 3.14. The van der Waals surface area contributed by atoms with Gasteiger partial charge in [-0.25, -0.2) is 4.98 Å². The molecule has 4 aromatic rings. The van der Waals surface area contributed by atoms with E-state index in [0.717, 1.165) is 28.2 Å². The predicted molar refractivity (Wildman–Crippen MR) is 111 cm³/mol. The Labute approximate surface area is 164 Å². The quantitative estimate of drug-likeness (QED) is 0.555. The number of imidazole rings is 1. The molecule has 0 unspecified atom stereocenters. The fourth-order valence-electron chi connectivity index (χ4n) is 3.52. The van der Waals surface area contributed by atoms with E-state index in [1.165, 1.54) is 0 Å². The summed E-state index contributed by atoms with van der Waals surface area (Å²) in [5.74, 6) is -0.303. The van der Waals surface area contributed by atoms with Crippen molar-refractivity contribution in [3.05, 3.63) is 108 Å². The van der Waals surface area contributed by atoms with Crippen molar-refractivity contribution in [3.63, 3.8) is 0 Å². The maximum Gasteiger partial charge on any atom is 0.232 e. The van der Waals surface area contributed by atoms with Crippen LogP contribution in [0.5, 0.6) is 0 Å². The molecular formula is C24H23N3O. The molecule has 4 heteroatoms. The summed E-state index contributed by atoms with van der Waals surface area (Å²) in [5, 5.41) is 3.10. The van der Waals surface area contributed by atoms with Crippen molar-refractivity contribution in [2.75, 3.05) is 6.54 Å². The Kier molecular flexibility index (Phi) is 5.20. The van der Waals surface area contributed by atoms with Crippen LogP contribution < -0.4 is 5.32 Å². The third-order valence-corrected chi connectivity index (χ3v) is 4.95. The van der Waals surface area contributed by atoms with Crippen LogP contribution in [0.2, 0.25) is 0 Å². The van der Waals surface area contributed by atoms with E-state index in [0.29, 0.717) is 13.0 Å². The van der Waals surface area contributed by atoms with Crippen LogP contribution in [0.3, 0.4) is 0 Å². The Morgan fingerprint density at radius 1 is 0.929 bits per heavy atom. The van der Waals surface area contributed by atoms with Gasteiger partial charge in [-0.3, -0.25) is 4.79 Å². The monoisotopic (exact) mass is 369 g/mol. The second kappa shape index (κ2) is 8.09. The molecule has 0 atom stereocenters. The highest BCUT2D eigenvalue weighted by molar-refractivity contribution is 5.87. The Bertz CT molecular complexity index is 1030. The number of carbonyl (C=O) groups is 1. The van der Waals surface area contributed by atoms with Gasteiger partial charge in [0.05, 0.1) is 11.6 Å². The highest BCUT2D eigenvalue weighted by Gasteiger charge is 2.22. The van der Waals surface area contributed by atoms with Crippen LogP contribution in [0, 0.1) is 6.92 Å². The first-order valence-corrected chi connectivity index (χ1v) is 9.53. The van der Waals surface area contributed by atoms with Crippen LogP contribution in [0.25, 0.3) is 5.65 Å². The molecule has 0 saturated carbocycles. The molecule has 0 saturated heterocycles. The van der Waals surface area contributed by atoms with Gasteiger partial charge >= 0.3 is 0 Å². The van der Waals surface area contributed by atoms with Crippen LogP contribution in [0.15, 0.2) is 85.1 Å². The van der Waals surface area contributed by atoms with Crippen LogP contribution in [-0.2, 0) is 11.2 Å². The number of carbonyl (C=O) groups excluding carboxylic acids is 1. The van der Waals surface area contributed by atoms with E-state index >= 15 is 0 Å². The van der Waals surface area contributed by atoms with E-state index in [1.807, 2.05) is 79.0 Å². The molecule has 140 valence electrons. The maximum absolute atomic E-state index is 13.0. The van der Waals surface area contributed by atoms with Crippen LogP contribution in [0.4, 0.5) is 0 Å². The highest BCUT2D eigenvalue weighted by atomic mass is 16.1. The van der Waals surface area contributed by atoms with Gasteiger partial charge in [0.15, 0.2) is 0 Å². The smallest absolute Gasteiger partial charge is 0.232 e. The molecule has 0 bridgehead atoms. The summed E-state index contributed by atoms with van der Waals surface area (Å²) in [7, 11) is 0. The van der Waals surface area contributed by atoms with Crippen molar-refractivity contribution < 1.29 is 4.79 Å². The maximum atomic E-state index is 13.0. The topological polar surface area (TPSA) is 46.4 Å². The van der Waals surface area contributed by atoms with E-state index in [-0.39, 0.29) is 11.8 Å². The largest absolute Gasteiger partial charge is 0.355 e. The number of hydrogen-bond acceptors (Lipinski definition) is 2. The van der Waals surface area contributed by atoms with Crippen molar-refractivity contribution in [1.29, 1.82) is 0 Å². The first kappa shape index (κ1) is 18.0. The summed E-state index contributed by atoms with van der Waals surface area (Å²) < 4.78 is 2.08. The molecule has 0 aliphatic rings. The van der Waals surface area contributed by atoms with Crippen molar-refractivity contribution in [2.24, 2.45) is 0 Å². The van der Waals surface area contributed by atoms with Gasteiger partial charge in [-0.15, -0.1) is 0 Å². The highest BCUT2D eigenvalue weighted by Crippen LogP contribution is 2.24. The second-order valence-corrected chi connectivity index (χ2v) is 6.92. The molecule has 2 heterocycles. The van der Waals surface area contributed by atoms with E-state index in [4.69, 9.17) is 0 Å². The van der Waals surface area contributed by atoms with Gasteiger partial charge in [0, 0.05) is 24.9 Å². The van der Waals surface area contributed by atoms with Gasteiger partial charge in [0.2, 0.25) is 5.91 Å². The Morgan fingerprint density at radius 2 is 1.57 bits per heavy atom. The van der Waals surface area contributed by atoms with Gasteiger partial charge in [-0.2, -0.15) is 0 Å². The van der Waals surface area contributed by atoms with Gasteiger partial charge in [-0.1, -0.05) is 66.7 Å². The first-order chi connectivity index (χ1) is 13.7. The zero-order valence-corrected chi connectivity index (χ0v) is 15.9. The standard InChI is InChI=1S/C24H23N3O/c1-18-9-8-14-22-26-21(17-27(18)22)15-16-25-24(28)23(19-10-4-2-5-11-19)20-12-6-3-7-13-20/h2-14,17,23H,15-16H2,1H3,(H,25,28). The number of amides is 1. The fraction of sp³-hybridized carbons (Fsp3) is 0.167. The molecular weight excluding hydrogens is 346 g/mol. The molecule has 2 aromatic heterocycles. The minimum Gasteiger partial charge on any atom is -0.355 e. The number of nitrogens with one attached hydrogen (secondary N) is 1. The Morgan fingerprint density at radius 3 is 2.18 bits per heavy atom. The Hall–Kier alpha value is -3.40. The molecule has 28 heavy (non-hydrogen) atoms. The summed E-state index contributed by atoms with van der Waals surface area (Å²) in [5.41, 5.74) is 5.05. The normalized spacial score (nSPS) is 11.1. The second-order valence-electron chi connectivity index (χ2n) is 6.92. The van der Waals surface area contributed by atoms with Gasteiger partial charge in [0.1, 0.15) is 5.65 Å². The van der Waals surface area contributed by atoms with Gasteiger partial charge in [-0.05, 0) is 30.2 Å². The number of rotatable bonds is 6. The van der Waals surface area contributed by atoms with E-state index in [1.54, 1.807) is 0 Å². The number of benzene rings is 2. The van der Waals surface area contributed by atoms with Crippen LogP contribution in [0.1, 0.15) is 28.4 Å². The molecule has 4 nitrogen and oxygen atoms in total. The summed E-state index contributed by atoms with van der Waals surface area (Å²) >= 11 is 0. The van der Waals surface area contributed by atoms with Crippen LogP contribution in [-0.4, -0.2) is 21.8 Å². The molecule has 1 amide bonds. The lowest BCUT2D eigenvalue weighted by Gasteiger charge is -2.17. The van der Waals surface area contributed by atoms with Crippen molar-refractivity contribution >= 4 is 11.6 Å². The average molecular weight is 369 g/mol. The number of aromatic nitrogens is 2. The fourth-order valence-corrected chi connectivity index (χ4v) is 3.52. The SMILES string of the molecule is Cc1cccc2nc(CCNC(=O)C(c3ccccc3)c3ccccc3)cn12. The molecule has 0 aliphatic heterocycles. The molecule has 0 aliphatic carbocycles. The minimum atomic E-state index is -0.314. The lowest BCUT2D eigenvalue weighted by Crippen LogP contribution is -2.31. The van der Waals surface area contributed by atoms with Gasteiger partial charge in [0.25, 0.3) is 0 Å². The number of pyridine rings is 1. The zero-order valence-electron chi connectivity index (χ0n) is 15.9. The summed E-state index contributed by atoms with van der Waals surface area (Å²) in [4.78, 5) is 17.7. The van der Waals surface area contributed by atoms with Crippen LogP contribution >= 0.6 is 0 Å². The molecule has 1 N–H and O–H groups in total. The zero-order chi connectivity index (χ0) is 19.3. The number of nitrogens with zero attached hydrogens (tertiary/aromatic N) is 2. The van der Waals surface area contributed by atoms with E-state index in [2.05, 4.69) is 27.7 Å².